The normalized spacial score (nSPS) is 14.9. The Morgan fingerprint density at radius 1 is 1.00 bits per heavy atom. The van der Waals surface area contributed by atoms with Gasteiger partial charge in [-0.1, -0.05) is 6.07 Å². The summed E-state index contributed by atoms with van der Waals surface area (Å²) in [6.45, 7) is 5.93. The minimum absolute atomic E-state index is 0.210. The summed E-state index contributed by atoms with van der Waals surface area (Å²) >= 11 is 0. The SMILES string of the molecule is Cc1nc(-c2ccccn2)nc(N2CCC(Nc3ccc(F)cc3)CC2)c1C. The van der Waals surface area contributed by atoms with Crippen LogP contribution in [0.25, 0.3) is 11.5 Å². The fourth-order valence-electron chi connectivity index (χ4n) is 3.55. The van der Waals surface area contributed by atoms with Gasteiger partial charge in [0.25, 0.3) is 0 Å². The molecule has 0 saturated carbocycles. The average molecular weight is 377 g/mol. The average Bonchev–Trinajstić information content (AvgIpc) is 2.73. The van der Waals surface area contributed by atoms with Crippen molar-refractivity contribution in [2.75, 3.05) is 23.3 Å². The molecule has 28 heavy (non-hydrogen) atoms. The Balaban J connectivity index is 1.48. The van der Waals surface area contributed by atoms with Crippen molar-refractivity contribution in [3.05, 3.63) is 65.7 Å². The highest BCUT2D eigenvalue weighted by Gasteiger charge is 2.23. The van der Waals surface area contributed by atoms with Gasteiger partial charge in [0.2, 0.25) is 0 Å². The predicted molar refractivity (Wildman–Crippen MR) is 110 cm³/mol. The second kappa shape index (κ2) is 7.92. The lowest BCUT2D eigenvalue weighted by atomic mass is 10.0. The molecule has 0 radical (unpaired) electrons. The highest BCUT2D eigenvalue weighted by atomic mass is 19.1. The molecule has 1 saturated heterocycles. The molecule has 0 unspecified atom stereocenters. The summed E-state index contributed by atoms with van der Waals surface area (Å²) < 4.78 is 13.1. The lowest BCUT2D eigenvalue weighted by molar-refractivity contribution is 0.522. The maximum Gasteiger partial charge on any atom is 0.180 e. The molecule has 1 aliphatic rings. The highest BCUT2D eigenvalue weighted by molar-refractivity contribution is 5.57. The number of benzene rings is 1. The quantitative estimate of drug-likeness (QED) is 0.731. The van der Waals surface area contributed by atoms with Crippen LogP contribution in [0.5, 0.6) is 0 Å². The van der Waals surface area contributed by atoms with E-state index < -0.39 is 0 Å². The van der Waals surface area contributed by atoms with E-state index in [1.54, 1.807) is 18.3 Å². The van der Waals surface area contributed by atoms with Crippen LogP contribution in [-0.2, 0) is 0 Å². The first kappa shape index (κ1) is 18.3. The molecule has 1 aromatic carbocycles. The molecule has 1 fully saturated rings. The second-order valence-electron chi connectivity index (χ2n) is 7.21. The lowest BCUT2D eigenvalue weighted by Crippen LogP contribution is -2.40. The van der Waals surface area contributed by atoms with E-state index in [0.29, 0.717) is 11.9 Å². The predicted octanol–water partition coefficient (Wildman–Crippen LogP) is 4.38. The summed E-state index contributed by atoms with van der Waals surface area (Å²) in [5, 5.41) is 3.51. The zero-order valence-corrected chi connectivity index (χ0v) is 16.2. The van der Waals surface area contributed by atoms with Crippen LogP contribution in [0.15, 0.2) is 48.7 Å². The van der Waals surface area contributed by atoms with Crippen molar-refractivity contribution in [3.63, 3.8) is 0 Å². The van der Waals surface area contributed by atoms with E-state index in [2.05, 4.69) is 27.1 Å². The number of aryl methyl sites for hydroxylation is 1. The van der Waals surface area contributed by atoms with Crippen LogP contribution >= 0.6 is 0 Å². The number of hydrogen-bond acceptors (Lipinski definition) is 5. The van der Waals surface area contributed by atoms with E-state index in [1.165, 1.54) is 12.1 Å². The standard InChI is InChI=1S/C22H24FN5/c1-15-16(2)25-21(20-5-3-4-12-24-20)27-22(15)28-13-10-19(11-14-28)26-18-8-6-17(23)7-9-18/h3-9,12,19,26H,10-11,13-14H2,1-2H3. The number of pyridine rings is 1. The van der Waals surface area contributed by atoms with Gasteiger partial charge in [0.1, 0.15) is 17.3 Å². The molecule has 4 rings (SSSR count). The van der Waals surface area contributed by atoms with E-state index in [-0.39, 0.29) is 5.82 Å². The van der Waals surface area contributed by atoms with Gasteiger partial charge in [-0.2, -0.15) is 0 Å². The minimum atomic E-state index is -0.210. The number of nitrogens with one attached hydrogen (secondary N) is 1. The summed E-state index contributed by atoms with van der Waals surface area (Å²) in [7, 11) is 0. The minimum Gasteiger partial charge on any atom is -0.382 e. The van der Waals surface area contributed by atoms with Crippen molar-refractivity contribution in [1.29, 1.82) is 0 Å². The molecule has 5 nitrogen and oxygen atoms in total. The van der Waals surface area contributed by atoms with Crippen LogP contribution in [-0.4, -0.2) is 34.1 Å². The van der Waals surface area contributed by atoms with Crippen LogP contribution in [0.2, 0.25) is 0 Å². The number of piperidine rings is 1. The molecule has 0 atom stereocenters. The Morgan fingerprint density at radius 2 is 1.75 bits per heavy atom. The van der Waals surface area contributed by atoms with Crippen molar-refractivity contribution < 1.29 is 4.39 Å². The fourth-order valence-corrected chi connectivity index (χ4v) is 3.55. The molecule has 1 aliphatic heterocycles. The molecule has 1 N–H and O–H groups in total. The third-order valence-corrected chi connectivity index (χ3v) is 5.27. The maximum absolute atomic E-state index is 13.1. The van der Waals surface area contributed by atoms with Gasteiger partial charge in [-0.05, 0) is 63.1 Å². The summed E-state index contributed by atoms with van der Waals surface area (Å²) in [4.78, 5) is 16.2. The van der Waals surface area contributed by atoms with Crippen LogP contribution in [0.3, 0.4) is 0 Å². The number of anilines is 2. The maximum atomic E-state index is 13.1. The zero-order valence-electron chi connectivity index (χ0n) is 16.2. The summed E-state index contributed by atoms with van der Waals surface area (Å²) in [6.07, 6.45) is 3.76. The lowest BCUT2D eigenvalue weighted by Gasteiger charge is -2.34. The Bertz CT molecular complexity index is 935. The number of hydrogen-bond donors (Lipinski definition) is 1. The van der Waals surface area contributed by atoms with Gasteiger partial charge in [-0.25, -0.2) is 14.4 Å². The van der Waals surface area contributed by atoms with Gasteiger partial charge in [-0.15, -0.1) is 0 Å². The molecule has 3 heterocycles. The second-order valence-corrected chi connectivity index (χ2v) is 7.21. The van der Waals surface area contributed by atoms with Gasteiger partial charge in [0.15, 0.2) is 5.82 Å². The number of halogens is 1. The van der Waals surface area contributed by atoms with Crippen LogP contribution in [0.4, 0.5) is 15.9 Å². The van der Waals surface area contributed by atoms with E-state index in [1.807, 2.05) is 25.1 Å². The third-order valence-electron chi connectivity index (χ3n) is 5.27. The smallest absolute Gasteiger partial charge is 0.180 e. The van der Waals surface area contributed by atoms with Gasteiger partial charge in [-0.3, -0.25) is 4.98 Å². The molecule has 0 spiro atoms. The van der Waals surface area contributed by atoms with E-state index >= 15 is 0 Å². The van der Waals surface area contributed by atoms with Crippen LogP contribution in [0, 0.1) is 19.7 Å². The van der Waals surface area contributed by atoms with Gasteiger partial charge >= 0.3 is 0 Å². The van der Waals surface area contributed by atoms with E-state index in [9.17, 15) is 4.39 Å². The van der Waals surface area contributed by atoms with Crippen LogP contribution < -0.4 is 10.2 Å². The first-order valence-electron chi connectivity index (χ1n) is 9.64. The molecular weight excluding hydrogens is 353 g/mol. The molecule has 0 aliphatic carbocycles. The Morgan fingerprint density at radius 3 is 2.43 bits per heavy atom. The number of rotatable bonds is 4. The first-order chi connectivity index (χ1) is 13.6. The van der Waals surface area contributed by atoms with Gasteiger partial charge in [0, 0.05) is 42.3 Å². The fraction of sp³-hybridized carbons (Fsp3) is 0.318. The van der Waals surface area contributed by atoms with Crippen molar-refractivity contribution >= 4 is 11.5 Å². The highest BCUT2D eigenvalue weighted by Crippen LogP contribution is 2.27. The zero-order chi connectivity index (χ0) is 19.5. The summed E-state index contributed by atoms with van der Waals surface area (Å²) in [5.41, 5.74) is 3.85. The summed E-state index contributed by atoms with van der Waals surface area (Å²) in [5.74, 6) is 1.46. The Labute approximate surface area is 164 Å². The monoisotopic (exact) mass is 377 g/mol. The third kappa shape index (κ3) is 3.96. The molecule has 3 aromatic rings. The number of aromatic nitrogens is 3. The van der Waals surface area contributed by atoms with E-state index in [4.69, 9.17) is 4.98 Å². The topological polar surface area (TPSA) is 53.9 Å². The Kier molecular flexibility index (Phi) is 5.19. The van der Waals surface area contributed by atoms with Crippen molar-refractivity contribution in [2.45, 2.75) is 32.7 Å². The molecule has 0 bridgehead atoms. The van der Waals surface area contributed by atoms with Crippen molar-refractivity contribution in [3.8, 4) is 11.5 Å². The Hall–Kier alpha value is -3.02. The van der Waals surface area contributed by atoms with E-state index in [0.717, 1.165) is 54.4 Å². The summed E-state index contributed by atoms with van der Waals surface area (Å²) in [6, 6.07) is 12.7. The molecular formula is C22H24FN5. The molecule has 144 valence electrons. The largest absolute Gasteiger partial charge is 0.382 e. The first-order valence-corrected chi connectivity index (χ1v) is 9.64. The molecule has 6 heteroatoms. The van der Waals surface area contributed by atoms with Crippen molar-refractivity contribution in [1.82, 2.24) is 15.0 Å². The molecule has 2 aromatic heterocycles. The van der Waals surface area contributed by atoms with Gasteiger partial charge < -0.3 is 10.2 Å². The van der Waals surface area contributed by atoms with Gasteiger partial charge in [0.05, 0.1) is 0 Å². The van der Waals surface area contributed by atoms with Crippen LogP contribution in [0.1, 0.15) is 24.1 Å². The molecule has 0 amide bonds. The van der Waals surface area contributed by atoms with Crippen molar-refractivity contribution in [2.24, 2.45) is 0 Å². The number of nitrogens with zero attached hydrogens (tertiary/aromatic N) is 4.